The molecule has 0 aromatic heterocycles. The Morgan fingerprint density at radius 3 is 1.57 bits per heavy atom. The summed E-state index contributed by atoms with van der Waals surface area (Å²) >= 11 is -0.842. The van der Waals surface area contributed by atoms with Gasteiger partial charge < -0.3 is 6.92 Å². The molecule has 0 unspecified atom stereocenters. The van der Waals surface area contributed by atoms with E-state index in [9.17, 15) is 0 Å². The summed E-state index contributed by atoms with van der Waals surface area (Å²) < 4.78 is 2.87. The van der Waals surface area contributed by atoms with Gasteiger partial charge in [-0.2, -0.15) is 6.92 Å². The zero-order valence-corrected chi connectivity index (χ0v) is 5.62. The molecule has 0 fully saturated rings. The van der Waals surface area contributed by atoms with Crippen molar-refractivity contribution in [2.24, 2.45) is 0 Å². The van der Waals surface area contributed by atoms with Gasteiger partial charge >= 0.3 is 34.8 Å². The van der Waals surface area contributed by atoms with Gasteiger partial charge in [-0.05, 0) is 0 Å². The van der Waals surface area contributed by atoms with Crippen molar-refractivity contribution in [3.8, 4) is 0 Å². The standard InChI is InChI=1S/C2H5.2CO.Ru/c3*1-2;/h1H2,2H3;;;/q-1;;;. The molecule has 3 heteroatoms. The summed E-state index contributed by atoms with van der Waals surface area (Å²) in [5.74, 6) is 0. The summed E-state index contributed by atoms with van der Waals surface area (Å²) in [7, 11) is 0. The molecule has 0 saturated carbocycles. The van der Waals surface area contributed by atoms with Crippen molar-refractivity contribution in [3.63, 3.8) is 0 Å². The van der Waals surface area contributed by atoms with Crippen LogP contribution in [0.4, 0.5) is 0 Å². The van der Waals surface area contributed by atoms with Gasteiger partial charge in [0.15, 0.2) is 0 Å². The van der Waals surface area contributed by atoms with Crippen LogP contribution in [-0.2, 0) is 25.8 Å². The third kappa shape index (κ3) is 26.0. The maximum absolute atomic E-state index is 9.06. The first kappa shape index (κ1) is 9.92. The van der Waals surface area contributed by atoms with Crippen molar-refractivity contribution in [2.45, 2.75) is 6.92 Å². The maximum Gasteiger partial charge on any atom is -0.194 e. The monoisotopic (exact) mass is 187 g/mol. The minimum atomic E-state index is -0.842. The van der Waals surface area contributed by atoms with Gasteiger partial charge in [0.05, 0.1) is 0 Å². The smallest absolute Gasteiger partial charge is 0.194 e. The molecule has 0 amide bonds. The van der Waals surface area contributed by atoms with Crippen LogP contribution >= 0.6 is 0 Å². The average Bonchev–Trinajstić information content (AvgIpc) is 1.75. The van der Waals surface area contributed by atoms with E-state index in [0.29, 0.717) is 0 Å². The Labute approximate surface area is 49.2 Å². The maximum atomic E-state index is 9.06. The number of hydrogen-bond donors (Lipinski definition) is 0. The first-order valence-electron chi connectivity index (χ1n) is 1.47. The van der Waals surface area contributed by atoms with Gasteiger partial charge in [-0.3, -0.25) is 0 Å². The molecule has 0 rings (SSSR count). The number of carbonyl (C=O) groups excluding carboxylic acids is 2. The van der Waals surface area contributed by atoms with Crippen LogP contribution in [0.3, 0.4) is 0 Å². The van der Waals surface area contributed by atoms with Crippen LogP contribution in [0.1, 0.15) is 6.92 Å². The van der Waals surface area contributed by atoms with E-state index in [1.165, 1.54) is 8.95 Å². The molecule has 2 nitrogen and oxygen atoms in total. The van der Waals surface area contributed by atoms with Gasteiger partial charge in [0.2, 0.25) is 0 Å². The molecule has 0 spiro atoms. The van der Waals surface area contributed by atoms with Crippen LogP contribution < -0.4 is 0 Å². The predicted molar refractivity (Wildman–Crippen MR) is 22.4 cm³/mol. The molecule has 0 aliphatic rings. The Bertz CT molecular complexity index is 102. The molecule has 0 aromatic carbocycles. The summed E-state index contributed by atoms with van der Waals surface area (Å²) in [5.41, 5.74) is 0. The molecule has 0 saturated heterocycles. The molecule has 0 aromatic rings. The summed E-state index contributed by atoms with van der Waals surface area (Å²) in [5, 5.41) is 0. The van der Waals surface area contributed by atoms with E-state index < -0.39 is 16.2 Å². The van der Waals surface area contributed by atoms with Gasteiger partial charge in [0.1, 0.15) is 0 Å². The minimum absolute atomic E-state index is 0.842. The zero-order valence-electron chi connectivity index (χ0n) is 3.88. The fourth-order valence-electron chi connectivity index (χ4n) is 0.0147. The number of rotatable bonds is 0. The van der Waals surface area contributed by atoms with E-state index in [0.717, 1.165) is 0 Å². The van der Waals surface area contributed by atoms with E-state index in [4.69, 9.17) is 9.59 Å². The SMILES string of the molecule is O=[C]=[Ru]=[C]=O.[CH2-]C. The second kappa shape index (κ2) is 17.1. The quantitative estimate of drug-likeness (QED) is 0.395. The molecular weight excluding hydrogens is 181 g/mol. The Balaban J connectivity index is 0. The van der Waals surface area contributed by atoms with Crippen LogP contribution in [0.5, 0.6) is 0 Å². The van der Waals surface area contributed by atoms with Crippen molar-refractivity contribution in [1.82, 2.24) is 0 Å². The molecule has 0 aliphatic carbocycles. The molecule has 0 bridgehead atoms. The zero-order chi connectivity index (χ0) is 6.12. The van der Waals surface area contributed by atoms with Gasteiger partial charge in [0, 0.05) is 0 Å². The Morgan fingerprint density at radius 1 is 1.29 bits per heavy atom. The average molecular weight is 186 g/mol. The summed E-state index contributed by atoms with van der Waals surface area (Å²) in [6.45, 7) is 5.00. The predicted octanol–water partition coefficient (Wildman–Crippen LogP) is 0.0437. The van der Waals surface area contributed by atoms with E-state index >= 15 is 0 Å². The molecule has 0 N–H and O–H groups in total. The van der Waals surface area contributed by atoms with Crippen LogP contribution in [0.2, 0.25) is 0 Å². The second-order valence-corrected chi connectivity index (χ2v) is 1.38. The summed E-state index contributed by atoms with van der Waals surface area (Å²) in [6.07, 6.45) is 0. The fraction of sp³-hybridized carbons (Fsp3) is 0.250. The third-order valence-corrected chi connectivity index (χ3v) is 0.427. The van der Waals surface area contributed by atoms with Crippen LogP contribution in [0.25, 0.3) is 0 Å². The van der Waals surface area contributed by atoms with Crippen LogP contribution in [-0.4, -0.2) is 8.95 Å². The van der Waals surface area contributed by atoms with Crippen molar-refractivity contribution in [1.29, 1.82) is 0 Å². The first-order valence-corrected chi connectivity index (χ1v) is 3.21. The molecule has 0 atom stereocenters. The van der Waals surface area contributed by atoms with Gasteiger partial charge in [-0.25, -0.2) is 0 Å². The summed E-state index contributed by atoms with van der Waals surface area (Å²) in [6, 6.07) is 0. The molecule has 7 heavy (non-hydrogen) atoms. The Kier molecular flexibility index (Phi) is 24.2. The first-order chi connectivity index (χ1) is 3.41. The summed E-state index contributed by atoms with van der Waals surface area (Å²) in [4.78, 5) is 18.1. The second-order valence-electron chi connectivity index (χ2n) is 0.233. The van der Waals surface area contributed by atoms with E-state index in [1.54, 1.807) is 6.92 Å². The normalized spacial score (nSPS) is 4.29. The molecule has 42 valence electrons. The molecule has 0 radical (unpaired) electrons. The topological polar surface area (TPSA) is 34.1 Å². The minimum Gasteiger partial charge on any atom is -0.346 e. The van der Waals surface area contributed by atoms with Crippen LogP contribution in [0.15, 0.2) is 0 Å². The molecule has 0 aliphatic heterocycles. The molecule has 0 heterocycles. The Morgan fingerprint density at radius 2 is 1.57 bits per heavy atom. The third-order valence-electron chi connectivity index (χ3n) is 0.0722. The number of hydrogen-bond acceptors (Lipinski definition) is 2. The van der Waals surface area contributed by atoms with E-state index in [2.05, 4.69) is 6.92 Å². The van der Waals surface area contributed by atoms with Crippen molar-refractivity contribution >= 4 is 8.95 Å². The largest absolute Gasteiger partial charge is 0.346 e. The van der Waals surface area contributed by atoms with Crippen molar-refractivity contribution in [3.05, 3.63) is 6.92 Å². The van der Waals surface area contributed by atoms with Gasteiger partial charge in [0.25, 0.3) is 0 Å². The van der Waals surface area contributed by atoms with Crippen LogP contribution in [0, 0.1) is 6.92 Å². The van der Waals surface area contributed by atoms with E-state index in [-0.39, 0.29) is 0 Å². The van der Waals surface area contributed by atoms with Crippen molar-refractivity contribution < 1.29 is 25.8 Å². The van der Waals surface area contributed by atoms with Crippen molar-refractivity contribution in [2.75, 3.05) is 0 Å². The van der Waals surface area contributed by atoms with E-state index in [1.807, 2.05) is 0 Å². The Hall–Kier alpha value is -0.217. The molecular formula is C4H5O2Ru-. The van der Waals surface area contributed by atoms with Gasteiger partial charge in [-0.15, -0.1) is 0 Å². The van der Waals surface area contributed by atoms with Gasteiger partial charge in [-0.1, -0.05) is 0 Å². The fourth-order valence-corrected chi connectivity index (χ4v) is 0.0872.